The Balaban J connectivity index is 3.38. The van der Waals surface area contributed by atoms with Gasteiger partial charge in [-0.15, -0.1) is 0 Å². The van der Waals surface area contributed by atoms with Gasteiger partial charge in [0.1, 0.15) is 11.0 Å². The highest BCUT2D eigenvalue weighted by molar-refractivity contribution is 7.83. The van der Waals surface area contributed by atoms with Crippen LogP contribution >= 0.6 is 23.2 Å². The van der Waals surface area contributed by atoms with Crippen LogP contribution in [-0.4, -0.2) is 4.21 Å². The fourth-order valence-electron chi connectivity index (χ4n) is 0.879. The molecule has 1 rings (SSSR count). The molecule has 0 heterocycles. The van der Waals surface area contributed by atoms with Crippen molar-refractivity contribution >= 4 is 34.2 Å². The standard InChI is InChI=1S/C7H7Cl2NOS/c1-4-2-5(8)7(12(10)11)6(9)3-4/h2-3H,10H2,1H3. The maximum atomic E-state index is 10.9. The summed E-state index contributed by atoms with van der Waals surface area (Å²) in [5.41, 5.74) is 0.916. The highest BCUT2D eigenvalue weighted by Gasteiger charge is 2.10. The van der Waals surface area contributed by atoms with Gasteiger partial charge in [-0.05, 0) is 24.6 Å². The van der Waals surface area contributed by atoms with Gasteiger partial charge in [0.05, 0.1) is 14.9 Å². The molecule has 1 aromatic carbocycles. The Hall–Kier alpha value is -0.0900. The highest BCUT2D eigenvalue weighted by atomic mass is 35.5. The minimum atomic E-state index is -1.62. The molecule has 1 aromatic rings. The second-order valence-electron chi connectivity index (χ2n) is 2.36. The first-order chi connectivity index (χ1) is 5.52. The van der Waals surface area contributed by atoms with E-state index >= 15 is 0 Å². The number of rotatable bonds is 1. The monoisotopic (exact) mass is 223 g/mol. The molecule has 2 N–H and O–H groups in total. The number of aryl methyl sites for hydroxylation is 1. The van der Waals surface area contributed by atoms with Crippen molar-refractivity contribution in [3.05, 3.63) is 27.7 Å². The van der Waals surface area contributed by atoms with Crippen molar-refractivity contribution in [1.82, 2.24) is 0 Å². The van der Waals surface area contributed by atoms with Crippen molar-refractivity contribution in [2.45, 2.75) is 11.8 Å². The van der Waals surface area contributed by atoms with Gasteiger partial charge >= 0.3 is 0 Å². The summed E-state index contributed by atoms with van der Waals surface area (Å²) in [6, 6.07) is 3.35. The second-order valence-corrected chi connectivity index (χ2v) is 4.17. The van der Waals surface area contributed by atoms with E-state index in [2.05, 4.69) is 0 Å². The van der Waals surface area contributed by atoms with Crippen molar-refractivity contribution in [3.63, 3.8) is 0 Å². The molecule has 0 aliphatic carbocycles. The van der Waals surface area contributed by atoms with Crippen LogP contribution in [0.2, 0.25) is 10.0 Å². The zero-order valence-corrected chi connectivity index (χ0v) is 8.63. The molecule has 1 unspecified atom stereocenters. The molecule has 0 saturated heterocycles. The van der Waals surface area contributed by atoms with E-state index in [0.717, 1.165) is 5.56 Å². The molecule has 0 aliphatic heterocycles. The van der Waals surface area contributed by atoms with E-state index in [0.29, 0.717) is 14.9 Å². The maximum Gasteiger partial charge on any atom is 0.125 e. The Labute approximate surface area is 83.3 Å². The number of halogens is 2. The molecule has 1 atom stereocenters. The van der Waals surface area contributed by atoms with Gasteiger partial charge in [-0.25, -0.2) is 9.35 Å². The molecule has 0 bridgehead atoms. The zero-order chi connectivity index (χ0) is 9.30. The molecule has 0 aromatic heterocycles. The van der Waals surface area contributed by atoms with Gasteiger partial charge in [0.15, 0.2) is 0 Å². The van der Waals surface area contributed by atoms with E-state index in [1.54, 1.807) is 12.1 Å². The Morgan fingerprint density at radius 3 is 2.08 bits per heavy atom. The third-order valence-corrected chi connectivity index (χ3v) is 3.01. The van der Waals surface area contributed by atoms with Gasteiger partial charge < -0.3 is 0 Å². The third-order valence-electron chi connectivity index (χ3n) is 1.34. The minimum absolute atomic E-state index is 0.295. The molecule has 66 valence electrons. The first-order valence-electron chi connectivity index (χ1n) is 3.14. The molecule has 0 radical (unpaired) electrons. The molecule has 12 heavy (non-hydrogen) atoms. The molecule has 2 nitrogen and oxygen atoms in total. The third kappa shape index (κ3) is 1.98. The summed E-state index contributed by atoms with van der Waals surface area (Å²) in [4.78, 5) is 0.295. The van der Waals surface area contributed by atoms with Crippen LogP contribution in [0, 0.1) is 6.92 Å². The molecule has 0 spiro atoms. The highest BCUT2D eigenvalue weighted by Crippen LogP contribution is 2.27. The fraction of sp³-hybridized carbons (Fsp3) is 0.143. The lowest BCUT2D eigenvalue weighted by Crippen LogP contribution is -2.04. The molecule has 0 saturated carbocycles. The molecule has 0 fully saturated rings. The number of hydrogen-bond donors (Lipinski definition) is 1. The van der Waals surface area contributed by atoms with Crippen LogP contribution in [0.3, 0.4) is 0 Å². The Bertz CT molecular complexity index is 317. The largest absolute Gasteiger partial charge is 0.247 e. The minimum Gasteiger partial charge on any atom is -0.247 e. The van der Waals surface area contributed by atoms with Gasteiger partial charge in [0, 0.05) is 0 Å². The average molecular weight is 224 g/mol. The summed E-state index contributed by atoms with van der Waals surface area (Å²) < 4.78 is 10.9. The van der Waals surface area contributed by atoms with E-state index in [4.69, 9.17) is 28.3 Å². The van der Waals surface area contributed by atoms with Crippen LogP contribution in [0.4, 0.5) is 0 Å². The Morgan fingerprint density at radius 1 is 1.33 bits per heavy atom. The molecule has 0 amide bonds. The summed E-state index contributed by atoms with van der Waals surface area (Å²) in [5.74, 6) is 0. The maximum absolute atomic E-state index is 10.9. The molecule has 5 heteroatoms. The summed E-state index contributed by atoms with van der Waals surface area (Å²) >= 11 is 11.5. The second kappa shape index (κ2) is 3.75. The summed E-state index contributed by atoms with van der Waals surface area (Å²) in [6.45, 7) is 1.85. The number of hydrogen-bond acceptors (Lipinski definition) is 1. The van der Waals surface area contributed by atoms with Crippen LogP contribution in [0.15, 0.2) is 17.0 Å². The predicted octanol–water partition coefficient (Wildman–Crippen LogP) is 2.28. The van der Waals surface area contributed by atoms with Gasteiger partial charge in [-0.1, -0.05) is 23.2 Å². The van der Waals surface area contributed by atoms with Gasteiger partial charge in [0.25, 0.3) is 0 Å². The Morgan fingerprint density at radius 2 is 1.75 bits per heavy atom. The van der Waals surface area contributed by atoms with Crippen LogP contribution in [0.5, 0.6) is 0 Å². The van der Waals surface area contributed by atoms with Crippen LogP contribution in [0.1, 0.15) is 5.56 Å². The van der Waals surface area contributed by atoms with Crippen LogP contribution in [0.25, 0.3) is 0 Å². The van der Waals surface area contributed by atoms with E-state index in [9.17, 15) is 4.21 Å². The lowest BCUT2D eigenvalue weighted by atomic mass is 10.2. The van der Waals surface area contributed by atoms with Gasteiger partial charge in [0.2, 0.25) is 0 Å². The number of nitrogens with two attached hydrogens (primary N) is 1. The first kappa shape index (κ1) is 9.99. The fourth-order valence-corrected chi connectivity index (χ4v) is 2.43. The van der Waals surface area contributed by atoms with E-state index < -0.39 is 11.0 Å². The van der Waals surface area contributed by atoms with Crippen molar-refractivity contribution in [1.29, 1.82) is 0 Å². The van der Waals surface area contributed by atoms with Crippen LogP contribution in [-0.2, 0) is 11.0 Å². The summed E-state index contributed by atoms with van der Waals surface area (Å²) in [5, 5.41) is 5.86. The molecular weight excluding hydrogens is 217 g/mol. The Kier molecular flexibility index (Phi) is 3.12. The van der Waals surface area contributed by atoms with Crippen molar-refractivity contribution in [2.24, 2.45) is 5.14 Å². The first-order valence-corrected chi connectivity index (χ1v) is 5.11. The average Bonchev–Trinajstić information content (AvgIpc) is 1.82. The lowest BCUT2D eigenvalue weighted by molar-refractivity contribution is 0.684. The summed E-state index contributed by atoms with van der Waals surface area (Å²) in [7, 11) is -1.62. The lowest BCUT2D eigenvalue weighted by Gasteiger charge is -2.03. The van der Waals surface area contributed by atoms with Crippen LogP contribution < -0.4 is 5.14 Å². The van der Waals surface area contributed by atoms with Crippen molar-refractivity contribution < 1.29 is 4.21 Å². The van der Waals surface area contributed by atoms with Gasteiger partial charge in [-0.2, -0.15) is 0 Å². The normalized spacial score (nSPS) is 13.0. The van der Waals surface area contributed by atoms with E-state index in [1.807, 2.05) is 6.92 Å². The smallest absolute Gasteiger partial charge is 0.125 e. The topological polar surface area (TPSA) is 43.1 Å². The van der Waals surface area contributed by atoms with Crippen molar-refractivity contribution in [3.8, 4) is 0 Å². The van der Waals surface area contributed by atoms with Gasteiger partial charge in [-0.3, -0.25) is 0 Å². The SMILES string of the molecule is Cc1cc(Cl)c(S(N)=O)c(Cl)c1. The molecule has 0 aliphatic rings. The summed E-state index contributed by atoms with van der Waals surface area (Å²) in [6.07, 6.45) is 0. The number of benzene rings is 1. The quantitative estimate of drug-likeness (QED) is 0.781. The van der Waals surface area contributed by atoms with E-state index in [-0.39, 0.29) is 0 Å². The zero-order valence-electron chi connectivity index (χ0n) is 6.30. The predicted molar refractivity (Wildman–Crippen MR) is 51.8 cm³/mol. The van der Waals surface area contributed by atoms with E-state index in [1.165, 1.54) is 0 Å². The van der Waals surface area contributed by atoms with Crippen molar-refractivity contribution in [2.75, 3.05) is 0 Å². The molecular formula is C7H7Cl2NOS.